The van der Waals surface area contributed by atoms with E-state index in [0.717, 1.165) is 30.4 Å². The summed E-state index contributed by atoms with van der Waals surface area (Å²) in [6.07, 6.45) is 0.0242. The molecular formula is C22H22ClF3N2O. The number of anilines is 1. The fourth-order valence-electron chi connectivity index (χ4n) is 2.90. The molecule has 1 aliphatic rings. The van der Waals surface area contributed by atoms with Crippen LogP contribution in [0.1, 0.15) is 36.0 Å². The average molecular weight is 423 g/mol. The number of hydrogen-bond acceptors (Lipinski definition) is 3. The van der Waals surface area contributed by atoms with Gasteiger partial charge in [-0.1, -0.05) is 36.1 Å². The van der Waals surface area contributed by atoms with Crippen LogP contribution >= 0.6 is 11.6 Å². The first kappa shape index (κ1) is 22.8. The molecule has 0 aliphatic carbocycles. The molecule has 0 spiro atoms. The third-order valence-electron chi connectivity index (χ3n) is 4.40. The van der Waals surface area contributed by atoms with Gasteiger partial charge >= 0.3 is 6.18 Å². The topological polar surface area (TPSA) is 46.3 Å². The van der Waals surface area contributed by atoms with Gasteiger partial charge in [0.05, 0.1) is 10.6 Å². The van der Waals surface area contributed by atoms with Crippen molar-refractivity contribution in [3.63, 3.8) is 0 Å². The van der Waals surface area contributed by atoms with Crippen LogP contribution in [-0.2, 0) is 17.5 Å². The van der Waals surface area contributed by atoms with Crippen LogP contribution in [0.2, 0.25) is 5.02 Å². The Labute approximate surface area is 173 Å². The summed E-state index contributed by atoms with van der Waals surface area (Å²) < 4.78 is 36.6. The summed E-state index contributed by atoms with van der Waals surface area (Å²) in [6.45, 7) is 3.59. The van der Waals surface area contributed by atoms with E-state index in [1.54, 1.807) is 0 Å². The van der Waals surface area contributed by atoms with Crippen LogP contribution in [0.3, 0.4) is 0 Å². The molecule has 154 valence electrons. The lowest BCUT2D eigenvalue weighted by Gasteiger charge is -2.26. The number of hydrogen-bond donors (Lipinski definition) is 1. The standard InChI is InChI=1S/C12H18N2.C10H4ClF3O/c13-12-6-4-11(5-7-12)10-14-8-2-1-3-9-14;11-9-6-8(10(12,13)14)4-3-7(9)2-1-5-15/h4-7H,1-3,8-10,13H2;3-6H. The smallest absolute Gasteiger partial charge is 0.399 e. The van der Waals surface area contributed by atoms with Crippen molar-refractivity contribution in [1.29, 1.82) is 0 Å². The zero-order valence-corrected chi connectivity index (χ0v) is 16.6. The summed E-state index contributed by atoms with van der Waals surface area (Å²) >= 11 is 5.55. The highest BCUT2D eigenvalue weighted by Gasteiger charge is 2.30. The molecular weight excluding hydrogens is 401 g/mol. The van der Waals surface area contributed by atoms with Gasteiger partial charge in [0.15, 0.2) is 6.29 Å². The second-order valence-electron chi connectivity index (χ2n) is 6.66. The van der Waals surface area contributed by atoms with Gasteiger partial charge in [-0.2, -0.15) is 13.2 Å². The van der Waals surface area contributed by atoms with E-state index in [9.17, 15) is 18.0 Å². The quantitative estimate of drug-likeness (QED) is 0.413. The molecule has 2 N–H and O–H groups in total. The molecule has 0 atom stereocenters. The van der Waals surface area contributed by atoms with Crippen LogP contribution in [0.5, 0.6) is 0 Å². The van der Waals surface area contributed by atoms with Gasteiger partial charge in [-0.25, -0.2) is 0 Å². The predicted molar refractivity (Wildman–Crippen MR) is 109 cm³/mol. The van der Waals surface area contributed by atoms with E-state index in [-0.39, 0.29) is 10.6 Å². The van der Waals surface area contributed by atoms with Crippen molar-refractivity contribution in [2.24, 2.45) is 0 Å². The third-order valence-corrected chi connectivity index (χ3v) is 4.71. The van der Waals surface area contributed by atoms with Gasteiger partial charge in [-0.05, 0) is 67.7 Å². The summed E-state index contributed by atoms with van der Waals surface area (Å²) in [5.74, 6) is 4.39. The number of rotatable bonds is 2. The van der Waals surface area contributed by atoms with E-state index in [1.165, 1.54) is 37.9 Å². The summed E-state index contributed by atoms with van der Waals surface area (Å²) in [5.41, 5.74) is 7.22. The molecule has 1 fully saturated rings. The van der Waals surface area contributed by atoms with E-state index >= 15 is 0 Å². The Morgan fingerprint density at radius 1 is 1.07 bits per heavy atom. The molecule has 1 saturated heterocycles. The van der Waals surface area contributed by atoms with Crippen molar-refractivity contribution >= 4 is 23.6 Å². The number of nitrogens with two attached hydrogens (primary N) is 1. The van der Waals surface area contributed by atoms with Crippen molar-refractivity contribution in [2.45, 2.75) is 32.0 Å². The minimum atomic E-state index is -4.43. The first-order chi connectivity index (χ1) is 13.8. The second-order valence-corrected chi connectivity index (χ2v) is 7.07. The first-order valence-corrected chi connectivity index (χ1v) is 9.56. The molecule has 0 unspecified atom stereocenters. The van der Waals surface area contributed by atoms with Gasteiger partial charge in [0.1, 0.15) is 0 Å². The van der Waals surface area contributed by atoms with Gasteiger partial charge < -0.3 is 5.73 Å². The van der Waals surface area contributed by atoms with Crippen LogP contribution in [0, 0.1) is 11.8 Å². The number of carbonyl (C=O) groups is 1. The van der Waals surface area contributed by atoms with Crippen molar-refractivity contribution in [3.05, 3.63) is 64.2 Å². The van der Waals surface area contributed by atoms with Crippen LogP contribution in [0.4, 0.5) is 18.9 Å². The molecule has 0 amide bonds. The number of piperidine rings is 1. The van der Waals surface area contributed by atoms with Crippen LogP contribution in [0.15, 0.2) is 42.5 Å². The van der Waals surface area contributed by atoms with Gasteiger partial charge in [0, 0.05) is 17.8 Å². The van der Waals surface area contributed by atoms with Gasteiger partial charge in [0.25, 0.3) is 0 Å². The molecule has 0 aromatic heterocycles. The Morgan fingerprint density at radius 3 is 2.28 bits per heavy atom. The normalized spacial score (nSPS) is 14.2. The maximum absolute atomic E-state index is 12.2. The summed E-state index contributed by atoms with van der Waals surface area (Å²) in [5, 5.41) is -0.126. The third kappa shape index (κ3) is 7.80. The maximum atomic E-state index is 12.2. The predicted octanol–water partition coefficient (Wildman–Crippen LogP) is 5.16. The lowest BCUT2D eigenvalue weighted by Crippen LogP contribution is -2.29. The summed E-state index contributed by atoms with van der Waals surface area (Å²) in [4.78, 5) is 12.4. The van der Waals surface area contributed by atoms with E-state index in [2.05, 4.69) is 28.9 Å². The van der Waals surface area contributed by atoms with Crippen LogP contribution in [0.25, 0.3) is 0 Å². The van der Waals surface area contributed by atoms with Gasteiger partial charge in [-0.15, -0.1) is 0 Å². The number of aldehydes is 1. The largest absolute Gasteiger partial charge is 0.416 e. The molecule has 7 heteroatoms. The van der Waals surface area contributed by atoms with Crippen LogP contribution in [-0.4, -0.2) is 24.3 Å². The number of nitrogens with zero attached hydrogens (tertiary/aromatic N) is 1. The summed E-state index contributed by atoms with van der Waals surface area (Å²) in [6, 6.07) is 11.0. The Balaban J connectivity index is 0.000000207. The number of halogens is 4. The Morgan fingerprint density at radius 2 is 1.72 bits per heavy atom. The van der Waals surface area contributed by atoms with Gasteiger partial charge in [0.2, 0.25) is 0 Å². The number of alkyl halides is 3. The monoisotopic (exact) mass is 422 g/mol. The van der Waals surface area contributed by atoms with Crippen molar-refractivity contribution in [1.82, 2.24) is 4.90 Å². The zero-order chi connectivity index (χ0) is 21.3. The molecule has 3 nitrogen and oxygen atoms in total. The molecule has 1 heterocycles. The molecule has 29 heavy (non-hydrogen) atoms. The van der Waals surface area contributed by atoms with Crippen LogP contribution < -0.4 is 5.73 Å². The zero-order valence-electron chi connectivity index (χ0n) is 15.8. The highest BCUT2D eigenvalue weighted by molar-refractivity contribution is 6.31. The number of carbonyl (C=O) groups excluding carboxylic acids is 1. The average Bonchev–Trinajstić information content (AvgIpc) is 2.69. The van der Waals surface area contributed by atoms with Crippen molar-refractivity contribution < 1.29 is 18.0 Å². The fraction of sp³-hybridized carbons (Fsp3) is 0.318. The molecule has 0 bridgehead atoms. The fourth-order valence-corrected chi connectivity index (χ4v) is 3.13. The minimum Gasteiger partial charge on any atom is -0.399 e. The number of benzene rings is 2. The molecule has 2 aromatic rings. The minimum absolute atomic E-state index is 0.126. The van der Waals surface area contributed by atoms with E-state index in [1.807, 2.05) is 12.1 Å². The molecule has 2 aromatic carbocycles. The molecule has 0 radical (unpaired) electrons. The molecule has 0 saturated carbocycles. The highest BCUT2D eigenvalue weighted by atomic mass is 35.5. The summed E-state index contributed by atoms with van der Waals surface area (Å²) in [7, 11) is 0. The molecule has 1 aliphatic heterocycles. The van der Waals surface area contributed by atoms with Gasteiger partial charge in [-0.3, -0.25) is 9.69 Å². The SMILES string of the molecule is Nc1ccc(CN2CCCCC2)cc1.O=CC#Cc1ccc(C(F)(F)F)cc1Cl. The van der Waals surface area contributed by atoms with E-state index < -0.39 is 11.7 Å². The second kappa shape index (κ2) is 10.9. The number of likely N-dealkylation sites (tertiary alicyclic amines) is 1. The highest BCUT2D eigenvalue weighted by Crippen LogP contribution is 2.31. The maximum Gasteiger partial charge on any atom is 0.416 e. The van der Waals surface area contributed by atoms with E-state index in [0.29, 0.717) is 6.29 Å². The van der Waals surface area contributed by atoms with E-state index in [4.69, 9.17) is 17.3 Å². The lowest BCUT2D eigenvalue weighted by molar-refractivity contribution is -0.137. The Hall–Kier alpha value is -2.49. The molecule has 3 rings (SSSR count). The Bertz CT molecular complexity index is 864. The van der Waals surface area contributed by atoms with Crippen molar-refractivity contribution in [2.75, 3.05) is 18.8 Å². The number of nitrogen functional groups attached to an aromatic ring is 1. The lowest BCUT2D eigenvalue weighted by atomic mass is 10.1. The van der Waals surface area contributed by atoms with Crippen molar-refractivity contribution in [3.8, 4) is 11.8 Å². The first-order valence-electron chi connectivity index (χ1n) is 9.18. The Kier molecular flexibility index (Phi) is 8.56.